The Bertz CT molecular complexity index is 6850. The van der Waals surface area contributed by atoms with Crippen molar-refractivity contribution in [1.82, 2.24) is 4.57 Å². The van der Waals surface area contributed by atoms with Gasteiger partial charge in [0.2, 0.25) is 6.71 Å². The van der Waals surface area contributed by atoms with Crippen LogP contribution < -0.4 is 21.3 Å². The van der Waals surface area contributed by atoms with Gasteiger partial charge in [0.05, 0.1) is 33.1 Å². The number of thiophene rings is 1. The van der Waals surface area contributed by atoms with Crippen molar-refractivity contribution in [3.8, 4) is 94.7 Å². The number of rotatable bonds is 8. The molecule has 1 spiro atoms. The molecule has 4 aliphatic rings. The van der Waals surface area contributed by atoms with E-state index in [1.54, 1.807) is 4.57 Å². The Morgan fingerprint density at radius 1 is 0.324 bits per heavy atom. The Kier molecular flexibility index (Phi) is 11.0. The lowest BCUT2D eigenvalue weighted by molar-refractivity contribution is 0.794. The van der Waals surface area contributed by atoms with Gasteiger partial charge in [0, 0.05) is 68.9 Å². The maximum Gasteiger partial charge on any atom is 0.249 e. The predicted molar refractivity (Wildman–Crippen MR) is 432 cm³/mol. The summed E-state index contributed by atoms with van der Waals surface area (Å²) in [6.45, 7) is -0.384. The molecule has 2 aliphatic heterocycles. The number of hydrogen-bond acceptors (Lipinski definition) is 3. The topological polar surface area (TPSA) is 8.17 Å². The molecule has 0 fully saturated rings. The van der Waals surface area contributed by atoms with Crippen LogP contribution in [-0.2, 0) is 5.41 Å². The first-order valence-corrected chi connectivity index (χ1v) is 36.3. The summed E-state index contributed by atoms with van der Waals surface area (Å²) in [5.74, 6) is 0. The Hall–Kier alpha value is -12.2. The van der Waals surface area contributed by atoms with Gasteiger partial charge >= 0.3 is 0 Å². The third-order valence-corrected chi connectivity index (χ3v) is 24.2. The van der Waals surface area contributed by atoms with Crippen LogP contribution in [0.15, 0.2) is 368 Å². The first-order chi connectivity index (χ1) is 53.9. The number of anilines is 3. The summed E-state index contributed by atoms with van der Waals surface area (Å²) in [6, 6.07) is 109. The minimum Gasteiger partial charge on any atom is -0.310 e. The van der Waals surface area contributed by atoms with E-state index in [4.69, 9.17) is 2.74 Å². The monoisotopic (exact) mass is 1330 g/mol. The van der Waals surface area contributed by atoms with Gasteiger partial charge in [0.15, 0.2) is 0 Å². The lowest BCUT2D eigenvalue weighted by Crippen LogP contribution is -2.60. The van der Waals surface area contributed by atoms with Gasteiger partial charge in [0.25, 0.3) is 0 Å². The van der Waals surface area contributed by atoms with E-state index in [2.05, 4.69) is 296 Å². The highest BCUT2D eigenvalue weighted by molar-refractivity contribution is 8.00. The lowest BCUT2D eigenvalue weighted by Gasteiger charge is -2.42. The molecule has 472 valence electrons. The van der Waals surface area contributed by atoms with E-state index in [0.29, 0.717) is 5.69 Å². The van der Waals surface area contributed by atoms with Gasteiger partial charge < -0.3 is 9.47 Å². The number of benzene rings is 16. The van der Waals surface area contributed by atoms with E-state index in [0.717, 1.165) is 110 Å². The molecule has 0 saturated heterocycles. The highest BCUT2D eigenvalue weighted by Gasteiger charge is 2.52. The van der Waals surface area contributed by atoms with Crippen LogP contribution in [0, 0.1) is 0 Å². The fraction of sp³-hybridized carbons (Fsp3) is 0.0103. The molecule has 4 heterocycles. The second-order valence-corrected chi connectivity index (χ2v) is 29.2. The molecule has 0 atom stereocenters. The second kappa shape index (κ2) is 22.4. The molecule has 5 heteroatoms. The predicted octanol–water partition coefficient (Wildman–Crippen LogP) is 24.3. The fourth-order valence-electron chi connectivity index (χ4n) is 17.6. The molecular formula is C97H59BN2S2. The summed E-state index contributed by atoms with van der Waals surface area (Å²) >= 11 is 3.65. The zero-order valence-electron chi connectivity index (χ0n) is 62.7. The summed E-state index contributed by atoms with van der Waals surface area (Å²) in [4.78, 5) is 4.71. The average molecular weight is 1340 g/mol. The summed E-state index contributed by atoms with van der Waals surface area (Å²) in [5, 5.41) is 2.40. The zero-order chi connectivity index (χ0) is 73.7. The number of hydrogen-bond donors (Lipinski definition) is 0. The highest BCUT2D eigenvalue weighted by Crippen LogP contribution is 2.63. The number of fused-ring (bicyclic) bond motifs is 21. The summed E-state index contributed by atoms with van der Waals surface area (Å²) in [6.07, 6.45) is 0. The van der Waals surface area contributed by atoms with Crippen molar-refractivity contribution in [3.63, 3.8) is 0 Å². The van der Waals surface area contributed by atoms with Gasteiger partial charge in [-0.3, -0.25) is 0 Å². The van der Waals surface area contributed by atoms with E-state index in [-0.39, 0.29) is 52.7 Å². The zero-order valence-corrected chi connectivity index (χ0v) is 56.4. The van der Waals surface area contributed by atoms with Crippen LogP contribution in [0.3, 0.4) is 0 Å². The van der Waals surface area contributed by atoms with Gasteiger partial charge in [-0.15, -0.1) is 11.3 Å². The molecule has 0 amide bonds. The van der Waals surface area contributed by atoms with Crippen LogP contribution in [0.25, 0.3) is 137 Å². The second-order valence-electron chi connectivity index (χ2n) is 27.1. The minimum absolute atomic E-state index is 0.0176. The van der Waals surface area contributed by atoms with Crippen LogP contribution in [0.4, 0.5) is 17.1 Å². The van der Waals surface area contributed by atoms with E-state index < -0.39 is 29.6 Å². The van der Waals surface area contributed by atoms with E-state index in [1.165, 1.54) is 64.7 Å². The largest absolute Gasteiger partial charge is 0.310 e. The normalized spacial score (nSPS) is 14.4. The Labute approximate surface area is 611 Å². The van der Waals surface area contributed by atoms with Crippen molar-refractivity contribution < 1.29 is 11.0 Å². The first kappa shape index (κ1) is 50.1. The molecule has 2 aliphatic carbocycles. The van der Waals surface area contributed by atoms with Gasteiger partial charge in [-0.05, 0) is 184 Å². The maximum atomic E-state index is 9.80. The first-order valence-electron chi connectivity index (χ1n) is 38.7. The minimum atomic E-state index is -0.494. The van der Waals surface area contributed by atoms with Crippen molar-refractivity contribution in [3.05, 3.63) is 380 Å². The van der Waals surface area contributed by atoms with Crippen LogP contribution >= 0.6 is 23.1 Å². The molecule has 0 radical (unpaired) electrons. The van der Waals surface area contributed by atoms with E-state index in [9.17, 15) is 8.22 Å². The number of nitrogens with zero attached hydrogens (tertiary/aromatic N) is 2. The SMILES string of the molecule is [2H]c1c([2H])c([2H])c2c(c1[2H])c1c([2H])c([2H])c([2H])c([2H])c1n2-c1ccc2c(c1)N(c1c(-c3cccc(-c4ccccc4)c3)cccc1-c1cccc(-c3ccccc3)c1)c1cc(-c3ccccc3)cc3c1B2c1ccc2sc4ccc(-c5ccc6c(c5)-c5ccccc5C65c6ccccc6-c6ccccc65)cc4c2c1S3. The third kappa shape index (κ3) is 8.38. The van der Waals surface area contributed by atoms with Crippen LogP contribution in [0.1, 0.15) is 33.2 Å². The quantitative estimate of drug-likeness (QED) is 0.140. The van der Waals surface area contributed by atoms with Gasteiger partial charge in [-0.1, -0.05) is 302 Å². The molecule has 0 bridgehead atoms. The third-order valence-electron chi connectivity index (χ3n) is 21.9. The van der Waals surface area contributed by atoms with Gasteiger partial charge in [0.1, 0.15) is 0 Å². The van der Waals surface area contributed by atoms with Crippen LogP contribution in [0.5, 0.6) is 0 Å². The molecule has 18 aromatic rings. The van der Waals surface area contributed by atoms with Gasteiger partial charge in [-0.2, -0.15) is 0 Å². The Morgan fingerprint density at radius 2 is 0.804 bits per heavy atom. The van der Waals surface area contributed by atoms with Crippen LogP contribution in [0.2, 0.25) is 0 Å². The van der Waals surface area contributed by atoms with Gasteiger partial charge in [-0.25, -0.2) is 0 Å². The number of aromatic nitrogens is 1. The molecule has 2 aromatic heterocycles. The molecule has 102 heavy (non-hydrogen) atoms. The summed E-state index contributed by atoms with van der Waals surface area (Å²) in [5.41, 5.74) is 28.7. The average Bonchev–Trinajstić information content (AvgIpc) is 1.46. The molecule has 0 unspecified atom stereocenters. The number of para-hydroxylation sites is 3. The lowest BCUT2D eigenvalue weighted by atomic mass is 9.34. The summed E-state index contributed by atoms with van der Waals surface area (Å²) in [7, 11) is 0. The molecule has 22 rings (SSSR count). The Balaban J connectivity index is 0.817. The molecular weight excluding hydrogens is 1270 g/mol. The molecule has 0 saturated carbocycles. The molecule has 0 N–H and O–H groups in total. The van der Waals surface area contributed by atoms with Crippen LogP contribution in [-0.4, -0.2) is 11.3 Å². The maximum absolute atomic E-state index is 9.80. The smallest absolute Gasteiger partial charge is 0.249 e. The van der Waals surface area contributed by atoms with Crippen molar-refractivity contribution in [1.29, 1.82) is 0 Å². The van der Waals surface area contributed by atoms with E-state index >= 15 is 0 Å². The van der Waals surface area contributed by atoms with Crippen molar-refractivity contribution >= 4 is 105 Å². The molecule has 16 aromatic carbocycles. The molecule has 2 nitrogen and oxygen atoms in total. The van der Waals surface area contributed by atoms with Crippen molar-refractivity contribution in [2.24, 2.45) is 0 Å². The Morgan fingerprint density at radius 3 is 1.43 bits per heavy atom. The van der Waals surface area contributed by atoms with Crippen molar-refractivity contribution in [2.45, 2.75) is 15.2 Å². The summed E-state index contributed by atoms with van der Waals surface area (Å²) < 4.78 is 79.3. The fourth-order valence-corrected chi connectivity index (χ4v) is 20.1. The highest BCUT2D eigenvalue weighted by atomic mass is 32.2. The van der Waals surface area contributed by atoms with E-state index in [1.807, 2.05) is 41.3 Å². The van der Waals surface area contributed by atoms with Crippen molar-refractivity contribution in [2.75, 3.05) is 4.90 Å². The standard InChI is InChI=1S/C97H59BN2S2/c1-4-23-60(24-5-1)63-29-20-31-67(53-63)71-38-22-39-72(68-32-21-30-64(54-68)61-25-6-2-7-26-61)95(71)100-88-59-70(99-86-43-18-13-36-76(86)77-37-14-19-44-87(77)99)47-49-84(88)98-85-50-52-91-93(96(85)102-92-58-69(57-89(100)94(92)98)62-27-8-3-9-28-62)79-56-66(46-51-90(79)101-91)65-45-48-83-78(55-65)75-35-12-17-42-82(75)97(83)80-40-15-10-33-73(80)74-34-11-16-41-81(74)97/h1-59H/i13D,14D,18D,19D,36D,37D,43D,44D.